The van der Waals surface area contributed by atoms with Crippen molar-refractivity contribution in [2.45, 2.75) is 37.9 Å². The van der Waals surface area contributed by atoms with Crippen LogP contribution in [-0.2, 0) is 0 Å². The SMILES string of the molecule is O=C(Nc1ccc(C(=O)N[C@@H]2CCC[C@@H](C(F)(F)F)C2)cc1)c1ccccc1. The summed E-state index contributed by atoms with van der Waals surface area (Å²) in [7, 11) is 0. The molecule has 0 unspecified atom stereocenters. The average molecular weight is 390 g/mol. The van der Waals surface area contributed by atoms with Gasteiger partial charge in [-0.15, -0.1) is 0 Å². The number of hydrogen-bond donors (Lipinski definition) is 2. The predicted octanol–water partition coefficient (Wildman–Crippen LogP) is 4.79. The summed E-state index contributed by atoms with van der Waals surface area (Å²) < 4.78 is 38.7. The minimum atomic E-state index is -4.22. The molecule has 0 radical (unpaired) electrons. The first-order valence-corrected chi connectivity index (χ1v) is 9.17. The summed E-state index contributed by atoms with van der Waals surface area (Å²) in [5.74, 6) is -2.03. The van der Waals surface area contributed by atoms with Gasteiger partial charge in [-0.25, -0.2) is 0 Å². The van der Waals surface area contributed by atoms with Crippen molar-refractivity contribution in [1.29, 1.82) is 0 Å². The molecule has 0 aromatic heterocycles. The highest BCUT2D eigenvalue weighted by Crippen LogP contribution is 2.37. The zero-order valence-corrected chi connectivity index (χ0v) is 15.1. The summed E-state index contributed by atoms with van der Waals surface area (Å²) in [5.41, 5.74) is 1.38. The van der Waals surface area contributed by atoms with Crippen molar-refractivity contribution in [3.05, 3.63) is 65.7 Å². The van der Waals surface area contributed by atoms with Gasteiger partial charge in [-0.2, -0.15) is 13.2 Å². The van der Waals surface area contributed by atoms with Crippen LogP contribution < -0.4 is 10.6 Å². The van der Waals surface area contributed by atoms with Gasteiger partial charge in [-0.3, -0.25) is 9.59 Å². The van der Waals surface area contributed by atoms with Crippen LogP contribution in [0.2, 0.25) is 0 Å². The zero-order chi connectivity index (χ0) is 20.1. The molecule has 0 aliphatic heterocycles. The van der Waals surface area contributed by atoms with E-state index in [1.807, 2.05) is 6.07 Å². The third-order valence-corrected chi connectivity index (χ3v) is 4.91. The van der Waals surface area contributed by atoms with E-state index in [2.05, 4.69) is 10.6 Å². The Hall–Kier alpha value is -2.83. The molecule has 2 aromatic carbocycles. The normalized spacial score (nSPS) is 19.7. The van der Waals surface area contributed by atoms with Crippen LogP contribution in [0, 0.1) is 5.92 Å². The number of rotatable bonds is 4. The second-order valence-electron chi connectivity index (χ2n) is 6.97. The Bertz CT molecular complexity index is 820. The van der Waals surface area contributed by atoms with E-state index in [9.17, 15) is 22.8 Å². The largest absolute Gasteiger partial charge is 0.391 e. The number of amides is 2. The minimum Gasteiger partial charge on any atom is -0.349 e. The minimum absolute atomic E-state index is 0.0829. The molecular formula is C21H21F3N2O2. The Morgan fingerprint density at radius 1 is 0.857 bits per heavy atom. The van der Waals surface area contributed by atoms with Crippen LogP contribution in [0.5, 0.6) is 0 Å². The van der Waals surface area contributed by atoms with Gasteiger partial charge in [0.05, 0.1) is 5.92 Å². The highest BCUT2D eigenvalue weighted by molar-refractivity contribution is 6.04. The maximum Gasteiger partial charge on any atom is 0.391 e. The lowest BCUT2D eigenvalue weighted by molar-refractivity contribution is -0.183. The summed E-state index contributed by atoms with van der Waals surface area (Å²) >= 11 is 0. The molecule has 28 heavy (non-hydrogen) atoms. The fraction of sp³-hybridized carbons (Fsp3) is 0.333. The second kappa shape index (κ2) is 8.46. The summed E-state index contributed by atoms with van der Waals surface area (Å²) in [6.07, 6.45) is -3.20. The Balaban J connectivity index is 1.57. The second-order valence-corrected chi connectivity index (χ2v) is 6.97. The van der Waals surface area contributed by atoms with E-state index in [1.165, 1.54) is 0 Å². The van der Waals surface area contributed by atoms with E-state index in [1.54, 1.807) is 48.5 Å². The lowest BCUT2D eigenvalue weighted by Gasteiger charge is -2.31. The maximum atomic E-state index is 12.9. The Morgan fingerprint density at radius 2 is 1.50 bits per heavy atom. The highest BCUT2D eigenvalue weighted by atomic mass is 19.4. The van der Waals surface area contributed by atoms with Crippen LogP contribution in [0.25, 0.3) is 0 Å². The fourth-order valence-electron chi connectivity index (χ4n) is 3.38. The molecule has 1 aliphatic rings. The molecule has 0 spiro atoms. The van der Waals surface area contributed by atoms with Crippen molar-refractivity contribution in [2.75, 3.05) is 5.32 Å². The van der Waals surface area contributed by atoms with E-state index < -0.39 is 24.0 Å². The highest BCUT2D eigenvalue weighted by Gasteiger charge is 2.42. The molecule has 2 atom stereocenters. The molecule has 7 heteroatoms. The van der Waals surface area contributed by atoms with Gasteiger partial charge < -0.3 is 10.6 Å². The van der Waals surface area contributed by atoms with Gasteiger partial charge >= 0.3 is 6.18 Å². The fourth-order valence-corrected chi connectivity index (χ4v) is 3.38. The predicted molar refractivity (Wildman–Crippen MR) is 100 cm³/mol. The Morgan fingerprint density at radius 3 is 2.14 bits per heavy atom. The van der Waals surface area contributed by atoms with Crippen molar-refractivity contribution in [3.8, 4) is 0 Å². The van der Waals surface area contributed by atoms with Gasteiger partial charge in [0.25, 0.3) is 11.8 Å². The standard InChI is InChI=1S/C21H21F3N2O2/c22-21(23,24)16-7-4-8-18(13-16)26-20(28)15-9-11-17(12-10-15)25-19(27)14-5-2-1-3-6-14/h1-3,5-6,9-12,16,18H,4,7-8,13H2,(H,25,27)(H,26,28)/t16-,18-/m1/s1. The Kier molecular flexibility index (Phi) is 6.02. The van der Waals surface area contributed by atoms with Gasteiger partial charge in [0.2, 0.25) is 0 Å². The van der Waals surface area contributed by atoms with Crippen molar-refractivity contribution in [2.24, 2.45) is 5.92 Å². The first kappa shape index (κ1) is 19.9. The Labute approximate surface area is 161 Å². The van der Waals surface area contributed by atoms with E-state index in [0.29, 0.717) is 29.7 Å². The molecule has 148 valence electrons. The smallest absolute Gasteiger partial charge is 0.349 e. The molecule has 1 aliphatic carbocycles. The summed E-state index contributed by atoms with van der Waals surface area (Å²) in [4.78, 5) is 24.5. The first-order valence-electron chi connectivity index (χ1n) is 9.17. The number of hydrogen-bond acceptors (Lipinski definition) is 2. The number of nitrogens with one attached hydrogen (secondary N) is 2. The molecule has 0 bridgehead atoms. The maximum absolute atomic E-state index is 12.9. The molecule has 0 heterocycles. The lowest BCUT2D eigenvalue weighted by atomic mass is 9.85. The molecule has 0 saturated heterocycles. The molecule has 2 amide bonds. The van der Waals surface area contributed by atoms with Crippen LogP contribution >= 0.6 is 0 Å². The number of halogens is 3. The van der Waals surface area contributed by atoms with Crippen molar-refractivity contribution in [1.82, 2.24) is 5.32 Å². The van der Waals surface area contributed by atoms with E-state index in [4.69, 9.17) is 0 Å². The summed E-state index contributed by atoms with van der Waals surface area (Å²) in [6.45, 7) is 0. The molecule has 2 N–H and O–H groups in total. The monoisotopic (exact) mass is 390 g/mol. The van der Waals surface area contributed by atoms with Gasteiger partial charge in [-0.05, 0) is 55.7 Å². The average Bonchev–Trinajstić information content (AvgIpc) is 2.69. The number of alkyl halides is 3. The molecule has 2 aromatic rings. The molecular weight excluding hydrogens is 369 g/mol. The quantitative estimate of drug-likeness (QED) is 0.789. The van der Waals surface area contributed by atoms with Crippen molar-refractivity contribution >= 4 is 17.5 Å². The van der Waals surface area contributed by atoms with Gasteiger partial charge in [0.15, 0.2) is 0 Å². The summed E-state index contributed by atoms with van der Waals surface area (Å²) in [6, 6.07) is 14.5. The number of carbonyl (C=O) groups is 2. The first-order chi connectivity index (χ1) is 13.3. The topological polar surface area (TPSA) is 58.2 Å². The van der Waals surface area contributed by atoms with E-state index in [-0.39, 0.29) is 18.7 Å². The van der Waals surface area contributed by atoms with Crippen LogP contribution in [-0.4, -0.2) is 24.0 Å². The van der Waals surface area contributed by atoms with Gasteiger partial charge in [0.1, 0.15) is 0 Å². The number of benzene rings is 2. The van der Waals surface area contributed by atoms with Crippen LogP contribution in [0.1, 0.15) is 46.4 Å². The van der Waals surface area contributed by atoms with Gasteiger partial charge in [-0.1, -0.05) is 24.6 Å². The molecule has 4 nitrogen and oxygen atoms in total. The van der Waals surface area contributed by atoms with Gasteiger partial charge in [0, 0.05) is 22.9 Å². The lowest BCUT2D eigenvalue weighted by Crippen LogP contribution is -2.41. The van der Waals surface area contributed by atoms with Crippen molar-refractivity contribution in [3.63, 3.8) is 0 Å². The molecule has 1 saturated carbocycles. The molecule has 1 fully saturated rings. The third-order valence-electron chi connectivity index (χ3n) is 4.91. The van der Waals surface area contributed by atoms with Crippen molar-refractivity contribution < 1.29 is 22.8 Å². The van der Waals surface area contributed by atoms with E-state index >= 15 is 0 Å². The number of carbonyl (C=O) groups excluding carboxylic acids is 2. The third kappa shape index (κ3) is 5.12. The van der Waals surface area contributed by atoms with E-state index in [0.717, 1.165) is 0 Å². The zero-order valence-electron chi connectivity index (χ0n) is 15.1. The molecule has 3 rings (SSSR count). The van der Waals surface area contributed by atoms with Crippen LogP contribution in [0.4, 0.5) is 18.9 Å². The number of anilines is 1. The van der Waals surface area contributed by atoms with Crippen LogP contribution in [0.15, 0.2) is 54.6 Å². The summed E-state index contributed by atoms with van der Waals surface area (Å²) in [5, 5.41) is 5.43. The van der Waals surface area contributed by atoms with Crippen LogP contribution in [0.3, 0.4) is 0 Å².